The van der Waals surface area contributed by atoms with Crippen LogP contribution in [0.3, 0.4) is 0 Å². The molecule has 1 rings (SSSR count). The van der Waals surface area contributed by atoms with Crippen LogP contribution in [-0.4, -0.2) is 37.7 Å². The van der Waals surface area contributed by atoms with Gasteiger partial charge in [-0.1, -0.05) is 47.0 Å². The minimum Gasteiger partial charge on any atom is -0.434 e. The monoisotopic (exact) mass is 386 g/mol. The number of hydrogen-bond donors (Lipinski definition) is 0. The zero-order valence-electron chi connectivity index (χ0n) is 17.5. The van der Waals surface area contributed by atoms with Crippen molar-refractivity contribution >= 4 is 12.3 Å². The Balaban J connectivity index is 2.17. The number of unbranched alkanes of at least 4 members (excludes halogenated alkanes) is 1. The fourth-order valence-corrected chi connectivity index (χ4v) is 3.07. The molecule has 1 aliphatic carbocycles. The van der Waals surface area contributed by atoms with Crippen LogP contribution >= 0.6 is 0 Å². The Morgan fingerprint density at radius 1 is 0.889 bits per heavy atom. The first-order chi connectivity index (χ1) is 12.9. The number of carbonyl (C=O) groups excluding carboxylic acids is 2. The molecule has 0 aliphatic heterocycles. The van der Waals surface area contributed by atoms with E-state index in [2.05, 4.69) is 27.7 Å². The summed E-state index contributed by atoms with van der Waals surface area (Å²) < 4.78 is 21.1. The van der Waals surface area contributed by atoms with Crippen LogP contribution in [0.5, 0.6) is 0 Å². The van der Waals surface area contributed by atoms with Crippen LogP contribution in [-0.2, 0) is 18.9 Å². The SMILES string of the molecule is CCCCC(CC)COC(=O)OC1CCC(OC(=O)OCCC(C)C)CC1. The van der Waals surface area contributed by atoms with Gasteiger partial charge in [-0.25, -0.2) is 9.59 Å². The molecule has 6 heteroatoms. The van der Waals surface area contributed by atoms with Crippen LogP contribution in [0, 0.1) is 11.8 Å². The maximum absolute atomic E-state index is 11.9. The molecule has 1 saturated carbocycles. The van der Waals surface area contributed by atoms with Crippen LogP contribution in [0.2, 0.25) is 0 Å². The Bertz CT molecular complexity index is 415. The van der Waals surface area contributed by atoms with Gasteiger partial charge in [-0.05, 0) is 50.4 Å². The van der Waals surface area contributed by atoms with Gasteiger partial charge in [0.25, 0.3) is 0 Å². The smallest absolute Gasteiger partial charge is 0.434 e. The van der Waals surface area contributed by atoms with Crippen molar-refractivity contribution in [2.45, 2.75) is 97.7 Å². The van der Waals surface area contributed by atoms with Gasteiger partial charge in [0.05, 0.1) is 13.2 Å². The zero-order chi connectivity index (χ0) is 20.1. The summed E-state index contributed by atoms with van der Waals surface area (Å²) in [6.07, 6.45) is 6.40. The lowest BCUT2D eigenvalue weighted by Crippen LogP contribution is -2.30. The first kappa shape index (κ1) is 23.6. The highest BCUT2D eigenvalue weighted by atomic mass is 16.7. The van der Waals surface area contributed by atoms with Crippen molar-refractivity contribution in [1.82, 2.24) is 0 Å². The highest BCUT2D eigenvalue weighted by Crippen LogP contribution is 2.24. The Hall–Kier alpha value is -1.46. The normalized spacial score (nSPS) is 20.8. The lowest BCUT2D eigenvalue weighted by atomic mass is 9.95. The number of ether oxygens (including phenoxy) is 4. The Morgan fingerprint density at radius 2 is 1.44 bits per heavy atom. The van der Waals surface area contributed by atoms with E-state index in [0.717, 1.165) is 32.1 Å². The molecule has 0 aromatic carbocycles. The van der Waals surface area contributed by atoms with Gasteiger partial charge in [-0.2, -0.15) is 0 Å². The lowest BCUT2D eigenvalue weighted by Gasteiger charge is -2.27. The molecule has 1 atom stereocenters. The van der Waals surface area contributed by atoms with Gasteiger partial charge in [0.15, 0.2) is 0 Å². The van der Waals surface area contributed by atoms with Crippen molar-refractivity contribution < 1.29 is 28.5 Å². The summed E-state index contributed by atoms with van der Waals surface area (Å²) in [6, 6.07) is 0. The average molecular weight is 387 g/mol. The Labute approximate surface area is 164 Å². The van der Waals surface area contributed by atoms with Gasteiger partial charge in [-0.15, -0.1) is 0 Å². The Morgan fingerprint density at radius 3 is 1.93 bits per heavy atom. The van der Waals surface area contributed by atoms with Crippen LogP contribution in [0.25, 0.3) is 0 Å². The quantitative estimate of drug-likeness (QED) is 0.414. The molecule has 6 nitrogen and oxygen atoms in total. The molecular formula is C21H38O6. The molecule has 0 radical (unpaired) electrons. The van der Waals surface area contributed by atoms with Crippen molar-refractivity contribution in [1.29, 1.82) is 0 Å². The molecule has 27 heavy (non-hydrogen) atoms. The summed E-state index contributed by atoms with van der Waals surface area (Å²) in [6.45, 7) is 9.24. The van der Waals surface area contributed by atoms with E-state index in [-0.39, 0.29) is 12.2 Å². The summed E-state index contributed by atoms with van der Waals surface area (Å²) in [5.74, 6) is 0.896. The second-order valence-electron chi connectivity index (χ2n) is 7.89. The van der Waals surface area contributed by atoms with Gasteiger partial charge in [0.1, 0.15) is 12.2 Å². The zero-order valence-corrected chi connectivity index (χ0v) is 17.5. The van der Waals surface area contributed by atoms with Gasteiger partial charge in [-0.3, -0.25) is 0 Å². The van der Waals surface area contributed by atoms with Crippen molar-refractivity contribution in [3.63, 3.8) is 0 Å². The largest absolute Gasteiger partial charge is 0.508 e. The van der Waals surface area contributed by atoms with E-state index in [1.165, 1.54) is 0 Å². The maximum Gasteiger partial charge on any atom is 0.508 e. The maximum atomic E-state index is 11.9. The fraction of sp³-hybridized carbons (Fsp3) is 0.905. The molecule has 0 amide bonds. The molecule has 1 unspecified atom stereocenters. The predicted molar refractivity (Wildman–Crippen MR) is 104 cm³/mol. The van der Waals surface area contributed by atoms with Gasteiger partial charge in [0, 0.05) is 0 Å². The number of carbonyl (C=O) groups is 2. The molecule has 0 spiro atoms. The summed E-state index contributed by atoms with van der Waals surface area (Å²) in [5, 5.41) is 0. The van der Waals surface area contributed by atoms with Gasteiger partial charge < -0.3 is 18.9 Å². The van der Waals surface area contributed by atoms with Crippen molar-refractivity contribution in [2.24, 2.45) is 11.8 Å². The van der Waals surface area contributed by atoms with E-state index in [0.29, 0.717) is 50.7 Å². The minimum atomic E-state index is -0.600. The molecule has 0 aromatic heterocycles. The van der Waals surface area contributed by atoms with Gasteiger partial charge >= 0.3 is 12.3 Å². The molecule has 0 aromatic rings. The molecule has 0 N–H and O–H groups in total. The van der Waals surface area contributed by atoms with E-state index in [4.69, 9.17) is 18.9 Å². The second kappa shape index (κ2) is 13.7. The van der Waals surface area contributed by atoms with Crippen molar-refractivity contribution in [3.05, 3.63) is 0 Å². The van der Waals surface area contributed by atoms with Crippen LogP contribution in [0.1, 0.15) is 85.5 Å². The predicted octanol–water partition coefficient (Wildman–Crippen LogP) is 5.87. The standard InChI is InChI=1S/C21H38O6/c1-5-7-8-17(6-2)15-25-21(23)27-19-11-9-18(10-12-19)26-20(22)24-14-13-16(3)4/h16-19H,5-15H2,1-4H3. The van der Waals surface area contributed by atoms with E-state index < -0.39 is 12.3 Å². The molecule has 1 aliphatic rings. The summed E-state index contributed by atoms with van der Waals surface area (Å²) >= 11 is 0. The first-order valence-electron chi connectivity index (χ1n) is 10.6. The Kier molecular flexibility index (Phi) is 11.9. The highest BCUT2D eigenvalue weighted by molar-refractivity contribution is 5.60. The third-order valence-corrected chi connectivity index (χ3v) is 5.04. The third kappa shape index (κ3) is 11.1. The topological polar surface area (TPSA) is 71.1 Å². The van der Waals surface area contributed by atoms with Crippen LogP contribution in [0.15, 0.2) is 0 Å². The molecule has 1 fully saturated rings. The number of rotatable bonds is 11. The number of hydrogen-bond acceptors (Lipinski definition) is 6. The lowest BCUT2D eigenvalue weighted by molar-refractivity contribution is -0.0299. The minimum absolute atomic E-state index is 0.161. The second-order valence-corrected chi connectivity index (χ2v) is 7.89. The van der Waals surface area contributed by atoms with E-state index in [9.17, 15) is 9.59 Å². The van der Waals surface area contributed by atoms with Crippen molar-refractivity contribution in [3.8, 4) is 0 Å². The van der Waals surface area contributed by atoms with E-state index in [1.807, 2.05) is 0 Å². The van der Waals surface area contributed by atoms with Crippen molar-refractivity contribution in [2.75, 3.05) is 13.2 Å². The summed E-state index contributed by atoms with van der Waals surface area (Å²) in [4.78, 5) is 23.5. The third-order valence-electron chi connectivity index (χ3n) is 5.04. The highest BCUT2D eigenvalue weighted by Gasteiger charge is 2.27. The molecule has 0 saturated heterocycles. The molecule has 0 bridgehead atoms. The van der Waals surface area contributed by atoms with Crippen LogP contribution in [0.4, 0.5) is 9.59 Å². The average Bonchev–Trinajstić information content (AvgIpc) is 2.63. The van der Waals surface area contributed by atoms with Crippen LogP contribution < -0.4 is 0 Å². The molecular weight excluding hydrogens is 348 g/mol. The first-order valence-corrected chi connectivity index (χ1v) is 10.6. The van der Waals surface area contributed by atoms with Gasteiger partial charge in [0.2, 0.25) is 0 Å². The molecule has 158 valence electrons. The van der Waals surface area contributed by atoms with E-state index in [1.54, 1.807) is 0 Å². The molecule has 0 heterocycles. The fourth-order valence-electron chi connectivity index (χ4n) is 3.07. The van der Waals surface area contributed by atoms with E-state index >= 15 is 0 Å². The summed E-state index contributed by atoms with van der Waals surface area (Å²) in [7, 11) is 0. The summed E-state index contributed by atoms with van der Waals surface area (Å²) in [5.41, 5.74) is 0.